The van der Waals surface area contributed by atoms with E-state index in [9.17, 15) is 14.4 Å². The van der Waals surface area contributed by atoms with Crippen molar-refractivity contribution in [3.63, 3.8) is 0 Å². The van der Waals surface area contributed by atoms with Crippen LogP contribution in [0, 0.1) is 11.8 Å². The molecular weight excluding hydrogens is 452 g/mol. The third-order valence-electron chi connectivity index (χ3n) is 5.93. The number of hydrogen-bond donors (Lipinski definition) is 2. The van der Waals surface area contributed by atoms with E-state index in [1.807, 2.05) is 14.0 Å². The van der Waals surface area contributed by atoms with Crippen molar-refractivity contribution in [2.24, 2.45) is 11.8 Å². The minimum absolute atomic E-state index is 0.0314. The maximum atomic E-state index is 13.2. The number of carbonyl (C=O) groups excluding carboxylic acids is 3. The summed E-state index contributed by atoms with van der Waals surface area (Å²) in [5.74, 6) is -0.124. The number of amides is 2. The van der Waals surface area contributed by atoms with Crippen molar-refractivity contribution in [1.29, 1.82) is 0 Å². The molecule has 2 amide bonds. The zero-order chi connectivity index (χ0) is 25.3. The normalized spacial score (nSPS) is 13.8. The fourth-order valence-electron chi connectivity index (χ4n) is 3.46. The minimum Gasteiger partial charge on any atom is -0.351 e. The number of rotatable bonds is 19. The number of aromatic nitrogens is 1. The molecule has 0 fully saturated rings. The van der Waals surface area contributed by atoms with Gasteiger partial charge in [-0.05, 0) is 32.2 Å². The summed E-state index contributed by atoms with van der Waals surface area (Å²) in [5, 5.41) is 10.1. The second-order valence-electron chi connectivity index (χ2n) is 8.87. The molecule has 0 bridgehead atoms. The standard InChI is InChI=1S/C25H44N4O4S/c1-6-8-9-10-16-33-29(25(32)23(26-5)20(4)7-2)15-11-12-22-28-21(18-34-22)24(31)27-14-13-19(3)17-30/h17-20,23,26H,6-16H2,1-5H3,(H,27,31). The van der Waals surface area contributed by atoms with E-state index in [1.54, 1.807) is 5.38 Å². The lowest BCUT2D eigenvalue weighted by molar-refractivity contribution is -0.190. The van der Waals surface area contributed by atoms with Crippen LogP contribution in [0.25, 0.3) is 0 Å². The molecule has 0 aliphatic heterocycles. The molecule has 1 aromatic rings. The maximum absolute atomic E-state index is 13.2. The molecule has 8 nitrogen and oxygen atoms in total. The van der Waals surface area contributed by atoms with E-state index in [0.717, 1.165) is 37.0 Å². The second kappa shape index (κ2) is 17.6. The molecule has 3 unspecified atom stereocenters. The first kappa shape index (κ1) is 30.2. The summed E-state index contributed by atoms with van der Waals surface area (Å²) >= 11 is 1.44. The molecule has 3 atom stereocenters. The minimum atomic E-state index is -0.280. The van der Waals surface area contributed by atoms with Crippen molar-refractivity contribution in [2.75, 3.05) is 26.7 Å². The largest absolute Gasteiger partial charge is 0.351 e. The Hall–Kier alpha value is -1.84. The van der Waals surface area contributed by atoms with E-state index < -0.39 is 0 Å². The number of nitrogens with zero attached hydrogens (tertiary/aromatic N) is 2. The number of unbranched alkanes of at least 4 members (excludes halogenated alkanes) is 3. The first-order valence-corrected chi connectivity index (χ1v) is 13.5. The number of hydrogen-bond acceptors (Lipinski definition) is 7. The zero-order valence-electron chi connectivity index (χ0n) is 21.6. The fraction of sp³-hybridized carbons (Fsp3) is 0.760. The summed E-state index contributed by atoms with van der Waals surface area (Å²) < 4.78 is 0. The third kappa shape index (κ3) is 11.1. The van der Waals surface area contributed by atoms with Crippen molar-refractivity contribution >= 4 is 29.4 Å². The molecule has 1 rings (SSSR count). The van der Waals surface area contributed by atoms with Gasteiger partial charge in [-0.3, -0.25) is 14.4 Å². The average Bonchev–Trinajstić information content (AvgIpc) is 3.31. The molecule has 0 aromatic carbocycles. The van der Waals surface area contributed by atoms with Crippen LogP contribution < -0.4 is 10.6 Å². The van der Waals surface area contributed by atoms with Gasteiger partial charge in [-0.2, -0.15) is 0 Å². The fourth-order valence-corrected chi connectivity index (χ4v) is 4.28. The molecular formula is C25H44N4O4S. The van der Waals surface area contributed by atoms with Crippen LogP contribution in [0.2, 0.25) is 0 Å². The van der Waals surface area contributed by atoms with Crippen molar-refractivity contribution in [2.45, 2.75) is 85.1 Å². The number of aldehydes is 1. The molecule has 0 spiro atoms. The highest BCUT2D eigenvalue weighted by atomic mass is 32.1. The van der Waals surface area contributed by atoms with Gasteiger partial charge in [0.05, 0.1) is 17.7 Å². The summed E-state index contributed by atoms with van der Waals surface area (Å²) in [6.45, 7) is 9.60. The number of carbonyl (C=O) groups is 3. The summed E-state index contributed by atoms with van der Waals surface area (Å²) in [5.41, 5.74) is 0.394. The first-order valence-electron chi connectivity index (χ1n) is 12.7. The topological polar surface area (TPSA) is 101 Å². The van der Waals surface area contributed by atoms with Crippen LogP contribution in [-0.4, -0.2) is 60.9 Å². The molecule has 0 saturated heterocycles. The predicted molar refractivity (Wildman–Crippen MR) is 137 cm³/mol. The summed E-state index contributed by atoms with van der Waals surface area (Å²) in [7, 11) is 1.82. The van der Waals surface area contributed by atoms with Crippen molar-refractivity contribution in [3.8, 4) is 0 Å². The number of likely N-dealkylation sites (N-methyl/N-ethyl adjacent to an activating group) is 1. The van der Waals surface area contributed by atoms with Gasteiger partial charge in [0.2, 0.25) is 0 Å². The van der Waals surface area contributed by atoms with Gasteiger partial charge in [0.1, 0.15) is 12.0 Å². The highest BCUT2D eigenvalue weighted by Crippen LogP contribution is 2.15. The van der Waals surface area contributed by atoms with Gasteiger partial charge in [0.15, 0.2) is 0 Å². The van der Waals surface area contributed by atoms with E-state index in [-0.39, 0.29) is 29.7 Å². The Balaban J connectivity index is 2.62. The summed E-state index contributed by atoms with van der Waals surface area (Å²) in [6.07, 6.45) is 8.11. The van der Waals surface area contributed by atoms with Gasteiger partial charge < -0.3 is 15.4 Å². The lowest BCUT2D eigenvalue weighted by atomic mass is 9.98. The molecule has 0 aliphatic carbocycles. The van der Waals surface area contributed by atoms with Gasteiger partial charge in [-0.15, -0.1) is 11.3 Å². The predicted octanol–water partition coefficient (Wildman–Crippen LogP) is 4.01. The van der Waals surface area contributed by atoms with Crippen LogP contribution >= 0.6 is 11.3 Å². The molecule has 2 N–H and O–H groups in total. The van der Waals surface area contributed by atoms with Crippen LogP contribution in [-0.2, 0) is 20.8 Å². The second-order valence-corrected chi connectivity index (χ2v) is 9.82. The average molecular weight is 497 g/mol. The summed E-state index contributed by atoms with van der Waals surface area (Å²) in [6, 6.07) is -0.280. The molecule has 0 radical (unpaired) electrons. The molecule has 34 heavy (non-hydrogen) atoms. The van der Waals surface area contributed by atoms with Crippen LogP contribution in [0.3, 0.4) is 0 Å². The molecule has 194 valence electrons. The lowest BCUT2D eigenvalue weighted by Gasteiger charge is -2.29. The van der Waals surface area contributed by atoms with Crippen molar-refractivity contribution < 1.29 is 19.2 Å². The van der Waals surface area contributed by atoms with Gasteiger partial charge in [-0.1, -0.05) is 53.4 Å². The Morgan fingerprint density at radius 2 is 1.97 bits per heavy atom. The Morgan fingerprint density at radius 3 is 2.62 bits per heavy atom. The number of thiazole rings is 1. The highest BCUT2D eigenvalue weighted by Gasteiger charge is 2.27. The monoisotopic (exact) mass is 496 g/mol. The quantitative estimate of drug-likeness (QED) is 0.171. The van der Waals surface area contributed by atoms with E-state index in [2.05, 4.69) is 36.4 Å². The van der Waals surface area contributed by atoms with E-state index in [0.29, 0.717) is 44.7 Å². The molecule has 9 heteroatoms. The first-order chi connectivity index (χ1) is 16.4. The third-order valence-corrected chi connectivity index (χ3v) is 6.84. The van der Waals surface area contributed by atoms with Gasteiger partial charge in [-0.25, -0.2) is 10.0 Å². The van der Waals surface area contributed by atoms with Crippen LogP contribution in [0.15, 0.2) is 5.38 Å². The molecule has 0 saturated carbocycles. The maximum Gasteiger partial charge on any atom is 0.270 e. The van der Waals surface area contributed by atoms with Crippen LogP contribution in [0.1, 0.15) is 88.1 Å². The van der Waals surface area contributed by atoms with Crippen LogP contribution in [0.5, 0.6) is 0 Å². The molecule has 1 aromatic heterocycles. The number of hydroxylamine groups is 2. The Morgan fingerprint density at radius 1 is 1.21 bits per heavy atom. The summed E-state index contributed by atoms with van der Waals surface area (Å²) in [4.78, 5) is 46.5. The van der Waals surface area contributed by atoms with Crippen LogP contribution in [0.4, 0.5) is 0 Å². The van der Waals surface area contributed by atoms with E-state index in [1.165, 1.54) is 22.8 Å². The Kier molecular flexibility index (Phi) is 15.6. The highest BCUT2D eigenvalue weighted by molar-refractivity contribution is 7.09. The van der Waals surface area contributed by atoms with E-state index >= 15 is 0 Å². The number of nitrogens with one attached hydrogen (secondary N) is 2. The zero-order valence-corrected chi connectivity index (χ0v) is 22.4. The lowest BCUT2D eigenvalue weighted by Crippen LogP contribution is -2.49. The van der Waals surface area contributed by atoms with E-state index in [4.69, 9.17) is 4.84 Å². The SMILES string of the molecule is CCCCCCON(CCCc1nc(C(=O)NCCC(C)C=O)cs1)C(=O)C(NC)C(C)CC. The Bertz CT molecular complexity index is 728. The van der Waals surface area contributed by atoms with Gasteiger partial charge in [0, 0.05) is 30.8 Å². The van der Waals surface area contributed by atoms with Gasteiger partial charge >= 0.3 is 0 Å². The van der Waals surface area contributed by atoms with Crippen molar-refractivity contribution in [3.05, 3.63) is 16.1 Å². The molecule has 1 heterocycles. The molecule has 0 aliphatic rings. The Labute approximate surface area is 209 Å². The van der Waals surface area contributed by atoms with Crippen molar-refractivity contribution in [1.82, 2.24) is 20.7 Å². The smallest absolute Gasteiger partial charge is 0.270 e. The van der Waals surface area contributed by atoms with Gasteiger partial charge in [0.25, 0.3) is 11.8 Å². The number of aryl methyl sites for hydroxylation is 1.